The second-order valence-electron chi connectivity index (χ2n) is 4.82. The standard InChI is InChI=1S/C15H22ClN3O3S/c1-22-7-6-18-14(20)11-4-3-10(9-12(11)16)19-15(21)13(17)5-8-23-2/h3-4,9,13H,5-8,17H2,1-2H3,(H,18,20)(H,19,21)/t13-/m0/s1. The molecule has 1 rings (SSSR count). The van der Waals surface area contributed by atoms with Gasteiger partial charge in [-0.05, 0) is 36.6 Å². The predicted molar refractivity (Wildman–Crippen MR) is 95.3 cm³/mol. The maximum atomic E-state index is 11.9. The van der Waals surface area contributed by atoms with Gasteiger partial charge < -0.3 is 21.1 Å². The fraction of sp³-hybridized carbons (Fsp3) is 0.467. The van der Waals surface area contributed by atoms with Gasteiger partial charge in [0.05, 0.1) is 23.2 Å². The Kier molecular flexibility index (Phi) is 9.01. The number of methoxy groups -OCH3 is 1. The molecule has 0 bridgehead atoms. The molecule has 1 aromatic rings. The minimum atomic E-state index is -0.571. The zero-order valence-corrected chi connectivity index (χ0v) is 14.8. The van der Waals surface area contributed by atoms with Crippen LogP contribution in [0.5, 0.6) is 0 Å². The normalized spacial score (nSPS) is 11.8. The molecule has 0 unspecified atom stereocenters. The molecule has 8 heteroatoms. The minimum Gasteiger partial charge on any atom is -0.383 e. The van der Waals surface area contributed by atoms with Gasteiger partial charge in [-0.2, -0.15) is 11.8 Å². The van der Waals surface area contributed by atoms with Crippen molar-refractivity contribution < 1.29 is 14.3 Å². The second-order valence-corrected chi connectivity index (χ2v) is 6.21. The van der Waals surface area contributed by atoms with Crippen LogP contribution in [0.2, 0.25) is 5.02 Å². The number of carbonyl (C=O) groups excluding carboxylic acids is 2. The van der Waals surface area contributed by atoms with Crippen molar-refractivity contribution in [1.29, 1.82) is 0 Å². The van der Waals surface area contributed by atoms with Crippen LogP contribution in [0, 0.1) is 0 Å². The van der Waals surface area contributed by atoms with Gasteiger partial charge in [0.2, 0.25) is 5.91 Å². The highest BCUT2D eigenvalue weighted by Crippen LogP contribution is 2.21. The summed E-state index contributed by atoms with van der Waals surface area (Å²) in [7, 11) is 1.56. The van der Waals surface area contributed by atoms with E-state index in [9.17, 15) is 9.59 Å². The molecule has 0 fully saturated rings. The van der Waals surface area contributed by atoms with E-state index < -0.39 is 6.04 Å². The molecule has 0 saturated heterocycles. The van der Waals surface area contributed by atoms with Gasteiger partial charge in [0.25, 0.3) is 5.91 Å². The van der Waals surface area contributed by atoms with Crippen LogP contribution >= 0.6 is 23.4 Å². The largest absolute Gasteiger partial charge is 0.383 e. The van der Waals surface area contributed by atoms with Crippen LogP contribution < -0.4 is 16.4 Å². The molecule has 128 valence electrons. The van der Waals surface area contributed by atoms with Crippen LogP contribution in [-0.2, 0) is 9.53 Å². The number of rotatable bonds is 9. The van der Waals surface area contributed by atoms with E-state index in [4.69, 9.17) is 22.1 Å². The molecule has 6 nitrogen and oxygen atoms in total. The first kappa shape index (κ1) is 19.8. The molecule has 0 aliphatic carbocycles. The highest BCUT2D eigenvalue weighted by Gasteiger charge is 2.15. The van der Waals surface area contributed by atoms with Crippen LogP contribution in [0.4, 0.5) is 5.69 Å². The third-order valence-corrected chi connectivity index (χ3v) is 4.00. The molecular weight excluding hydrogens is 338 g/mol. The van der Waals surface area contributed by atoms with Crippen LogP contribution in [0.3, 0.4) is 0 Å². The number of halogens is 1. The van der Waals surface area contributed by atoms with Crippen LogP contribution in [0.1, 0.15) is 16.8 Å². The van der Waals surface area contributed by atoms with E-state index >= 15 is 0 Å². The van der Waals surface area contributed by atoms with Crippen molar-refractivity contribution in [2.75, 3.05) is 37.6 Å². The summed E-state index contributed by atoms with van der Waals surface area (Å²) in [5.41, 5.74) is 6.65. The molecule has 1 aromatic carbocycles. The first-order valence-electron chi connectivity index (χ1n) is 7.11. The van der Waals surface area contributed by atoms with Crippen LogP contribution in [0.25, 0.3) is 0 Å². The van der Waals surface area contributed by atoms with Gasteiger partial charge in [0, 0.05) is 19.3 Å². The van der Waals surface area contributed by atoms with E-state index in [0.717, 1.165) is 5.75 Å². The zero-order chi connectivity index (χ0) is 17.2. The average Bonchev–Trinajstić information content (AvgIpc) is 2.52. The Morgan fingerprint density at radius 3 is 2.78 bits per heavy atom. The Morgan fingerprint density at radius 2 is 2.17 bits per heavy atom. The molecule has 0 spiro atoms. The number of benzene rings is 1. The van der Waals surface area contributed by atoms with E-state index in [2.05, 4.69) is 10.6 Å². The van der Waals surface area contributed by atoms with Crippen molar-refractivity contribution >= 4 is 40.9 Å². The maximum Gasteiger partial charge on any atom is 0.252 e. The molecule has 0 aliphatic rings. The number of thioether (sulfide) groups is 1. The van der Waals surface area contributed by atoms with Gasteiger partial charge in [-0.1, -0.05) is 11.6 Å². The van der Waals surface area contributed by atoms with Crippen molar-refractivity contribution in [2.24, 2.45) is 5.73 Å². The summed E-state index contributed by atoms with van der Waals surface area (Å²) in [6.07, 6.45) is 2.56. The van der Waals surface area contributed by atoms with E-state index in [-0.39, 0.29) is 16.8 Å². The molecule has 0 heterocycles. The molecule has 0 aromatic heterocycles. The molecule has 23 heavy (non-hydrogen) atoms. The molecule has 4 N–H and O–H groups in total. The fourth-order valence-electron chi connectivity index (χ4n) is 1.75. The van der Waals surface area contributed by atoms with Gasteiger partial charge in [0.15, 0.2) is 0 Å². The molecule has 0 saturated carbocycles. The third-order valence-electron chi connectivity index (χ3n) is 3.04. The van der Waals surface area contributed by atoms with Crippen molar-refractivity contribution in [1.82, 2.24) is 5.32 Å². The lowest BCUT2D eigenvalue weighted by atomic mass is 10.1. The molecule has 0 aliphatic heterocycles. The number of hydrogen-bond donors (Lipinski definition) is 3. The summed E-state index contributed by atoms with van der Waals surface area (Å²) >= 11 is 7.74. The lowest BCUT2D eigenvalue weighted by Crippen LogP contribution is -2.36. The lowest BCUT2D eigenvalue weighted by Gasteiger charge is -2.13. The van der Waals surface area contributed by atoms with Crippen LogP contribution in [-0.4, -0.2) is 50.1 Å². The topological polar surface area (TPSA) is 93.5 Å². The summed E-state index contributed by atoms with van der Waals surface area (Å²) in [4.78, 5) is 23.9. The SMILES string of the molecule is COCCNC(=O)c1ccc(NC(=O)[C@@H](N)CCSC)cc1Cl. The lowest BCUT2D eigenvalue weighted by molar-refractivity contribution is -0.117. The number of ether oxygens (including phenoxy) is 1. The third kappa shape index (κ3) is 6.78. The number of nitrogens with one attached hydrogen (secondary N) is 2. The second kappa shape index (κ2) is 10.5. The summed E-state index contributed by atoms with van der Waals surface area (Å²) < 4.78 is 4.86. The maximum absolute atomic E-state index is 11.9. The van der Waals surface area contributed by atoms with Crippen molar-refractivity contribution in [3.8, 4) is 0 Å². The van der Waals surface area contributed by atoms with Crippen molar-refractivity contribution in [2.45, 2.75) is 12.5 Å². The molecule has 2 amide bonds. The van der Waals surface area contributed by atoms with E-state index in [0.29, 0.717) is 30.8 Å². The predicted octanol–water partition coefficient (Wildman–Crippen LogP) is 1.74. The van der Waals surface area contributed by atoms with E-state index in [1.807, 2.05) is 6.26 Å². The monoisotopic (exact) mass is 359 g/mol. The Hall–Kier alpha value is -1.28. The molecule has 1 atom stereocenters. The quantitative estimate of drug-likeness (QED) is 0.584. The van der Waals surface area contributed by atoms with Crippen molar-refractivity contribution in [3.05, 3.63) is 28.8 Å². The highest BCUT2D eigenvalue weighted by molar-refractivity contribution is 7.98. The Bertz CT molecular complexity index is 543. The number of carbonyl (C=O) groups is 2. The highest BCUT2D eigenvalue weighted by atomic mass is 35.5. The van der Waals surface area contributed by atoms with Gasteiger partial charge in [-0.15, -0.1) is 0 Å². The summed E-state index contributed by atoms with van der Waals surface area (Å²) in [5.74, 6) is 0.254. The van der Waals surface area contributed by atoms with E-state index in [1.165, 1.54) is 6.07 Å². The average molecular weight is 360 g/mol. The smallest absolute Gasteiger partial charge is 0.252 e. The summed E-state index contributed by atoms with van der Waals surface area (Å²) in [6, 6.07) is 4.15. The molecule has 0 radical (unpaired) electrons. The first-order valence-corrected chi connectivity index (χ1v) is 8.88. The first-order chi connectivity index (χ1) is 11.0. The van der Waals surface area contributed by atoms with E-state index in [1.54, 1.807) is 31.0 Å². The summed E-state index contributed by atoms with van der Waals surface area (Å²) in [5, 5.41) is 5.64. The van der Waals surface area contributed by atoms with Crippen molar-refractivity contribution in [3.63, 3.8) is 0 Å². The summed E-state index contributed by atoms with van der Waals surface area (Å²) in [6.45, 7) is 0.819. The zero-order valence-electron chi connectivity index (χ0n) is 13.2. The van der Waals surface area contributed by atoms with Gasteiger partial charge in [0.1, 0.15) is 0 Å². The fourth-order valence-corrected chi connectivity index (χ4v) is 2.51. The number of hydrogen-bond acceptors (Lipinski definition) is 5. The van der Waals surface area contributed by atoms with Crippen LogP contribution in [0.15, 0.2) is 18.2 Å². The molecular formula is C15H22ClN3O3S. The number of anilines is 1. The Balaban J connectivity index is 2.65. The Morgan fingerprint density at radius 1 is 1.43 bits per heavy atom. The van der Waals surface area contributed by atoms with Gasteiger partial charge in [-0.25, -0.2) is 0 Å². The number of nitrogens with two attached hydrogens (primary N) is 1. The van der Waals surface area contributed by atoms with Gasteiger partial charge >= 0.3 is 0 Å². The van der Waals surface area contributed by atoms with Gasteiger partial charge in [-0.3, -0.25) is 9.59 Å². The Labute approximate surface area is 145 Å². The number of amides is 2. The minimum absolute atomic E-state index is 0.260.